The fraction of sp³-hybridized carbons (Fsp3) is 0.348. The molecule has 4 rings (SSSR count). The van der Waals surface area contributed by atoms with Gasteiger partial charge in [0.15, 0.2) is 12.3 Å². The molecule has 3 aromatic heterocycles. The van der Waals surface area contributed by atoms with Crippen molar-refractivity contribution in [1.29, 1.82) is 10.7 Å². The van der Waals surface area contributed by atoms with Gasteiger partial charge in [-0.15, -0.1) is 0 Å². The van der Waals surface area contributed by atoms with Crippen molar-refractivity contribution < 1.29 is 14.2 Å². The summed E-state index contributed by atoms with van der Waals surface area (Å²) in [7, 11) is 0. The van der Waals surface area contributed by atoms with E-state index in [1.807, 2.05) is 4.90 Å². The normalized spacial score (nSPS) is 14.6. The monoisotopic (exact) mass is 500 g/mol. The summed E-state index contributed by atoms with van der Waals surface area (Å²) in [4.78, 5) is 5.77. The van der Waals surface area contributed by atoms with Gasteiger partial charge in [-0.25, -0.2) is 8.91 Å². The fourth-order valence-electron chi connectivity index (χ4n) is 3.57. The number of aliphatic hydroxyl groups is 1. The molecule has 1 unspecified atom stereocenters. The van der Waals surface area contributed by atoms with Gasteiger partial charge in [0.2, 0.25) is 0 Å². The van der Waals surface area contributed by atoms with Gasteiger partial charge in [-0.1, -0.05) is 11.6 Å². The fourth-order valence-corrected chi connectivity index (χ4v) is 3.79. The molecule has 0 spiro atoms. The smallest absolute Gasteiger partial charge is 0.179 e. The van der Waals surface area contributed by atoms with Crippen LogP contribution in [0.1, 0.15) is 43.5 Å². The van der Waals surface area contributed by atoms with E-state index >= 15 is 0 Å². The SMILES string of the molecule is CC(=N)/C(=N\N)c1cc(OC(CO)c2ccc(F)cn2)c2c(Cl)cnn2c1.N#CN1CCCCC1. The molecule has 1 fully saturated rings. The van der Waals surface area contributed by atoms with E-state index in [-0.39, 0.29) is 17.2 Å². The summed E-state index contributed by atoms with van der Waals surface area (Å²) in [6, 6.07) is 4.24. The second-order valence-electron chi connectivity index (χ2n) is 7.82. The first kappa shape index (κ1) is 25.9. The molecule has 4 heterocycles. The van der Waals surface area contributed by atoms with Crippen LogP contribution in [0.5, 0.6) is 5.75 Å². The Morgan fingerprint density at radius 3 is 2.66 bits per heavy atom. The summed E-state index contributed by atoms with van der Waals surface area (Å²) in [6.45, 7) is 3.11. The van der Waals surface area contributed by atoms with Crippen LogP contribution in [0.15, 0.2) is 41.9 Å². The van der Waals surface area contributed by atoms with Crippen LogP contribution < -0.4 is 10.6 Å². The van der Waals surface area contributed by atoms with Crippen LogP contribution in [0.3, 0.4) is 0 Å². The van der Waals surface area contributed by atoms with Gasteiger partial charge in [0, 0.05) is 24.8 Å². The van der Waals surface area contributed by atoms with Gasteiger partial charge in [-0.2, -0.15) is 15.5 Å². The molecule has 1 aliphatic rings. The number of aliphatic hydroxyl groups excluding tert-OH is 1. The van der Waals surface area contributed by atoms with Crippen molar-refractivity contribution in [3.63, 3.8) is 0 Å². The number of hydrogen-bond donors (Lipinski definition) is 3. The zero-order valence-electron chi connectivity index (χ0n) is 19.2. The van der Waals surface area contributed by atoms with Crippen LogP contribution in [0.4, 0.5) is 4.39 Å². The van der Waals surface area contributed by atoms with Crippen LogP contribution in [-0.4, -0.2) is 55.7 Å². The molecular weight excluding hydrogens is 475 g/mol. The quantitative estimate of drug-likeness (QED) is 0.203. The lowest BCUT2D eigenvalue weighted by Gasteiger charge is -2.19. The number of likely N-dealkylation sites (tertiary alicyclic amines) is 1. The number of nitrogens with zero attached hydrogens (tertiary/aromatic N) is 6. The van der Waals surface area contributed by atoms with Crippen molar-refractivity contribution >= 4 is 28.5 Å². The summed E-state index contributed by atoms with van der Waals surface area (Å²) in [5.74, 6) is 5.19. The number of hydrazone groups is 1. The number of hydrogen-bond acceptors (Lipinski definition) is 9. The van der Waals surface area contributed by atoms with Crippen LogP contribution in [0.25, 0.3) is 5.52 Å². The highest BCUT2D eigenvalue weighted by atomic mass is 35.5. The molecule has 1 atom stereocenters. The number of piperidine rings is 1. The Hall–Kier alpha value is -3.75. The molecule has 0 bridgehead atoms. The Morgan fingerprint density at radius 1 is 1.37 bits per heavy atom. The lowest BCUT2D eigenvalue weighted by atomic mass is 10.1. The summed E-state index contributed by atoms with van der Waals surface area (Å²) in [6.07, 6.45) is 9.07. The molecule has 0 saturated carbocycles. The zero-order valence-corrected chi connectivity index (χ0v) is 19.9. The van der Waals surface area contributed by atoms with Crippen molar-refractivity contribution in [2.45, 2.75) is 32.3 Å². The number of fused-ring (bicyclic) bond motifs is 1. The molecule has 0 aliphatic carbocycles. The number of nitrogens with two attached hydrogens (primary N) is 1. The summed E-state index contributed by atoms with van der Waals surface area (Å²) >= 11 is 6.21. The first-order chi connectivity index (χ1) is 16.9. The van der Waals surface area contributed by atoms with Crippen LogP contribution in [-0.2, 0) is 0 Å². The Labute approximate surface area is 206 Å². The molecule has 1 saturated heterocycles. The van der Waals surface area contributed by atoms with E-state index in [9.17, 15) is 9.50 Å². The van der Waals surface area contributed by atoms with Gasteiger partial charge in [0.05, 0.1) is 35.4 Å². The maximum Gasteiger partial charge on any atom is 0.179 e. The third-order valence-corrected chi connectivity index (χ3v) is 5.58. The summed E-state index contributed by atoms with van der Waals surface area (Å²) < 4.78 is 20.5. The lowest BCUT2D eigenvalue weighted by molar-refractivity contribution is 0.114. The number of pyridine rings is 2. The average molecular weight is 501 g/mol. The zero-order chi connectivity index (χ0) is 25.4. The number of nitriles is 1. The average Bonchev–Trinajstić information content (AvgIpc) is 3.25. The van der Waals surface area contributed by atoms with E-state index in [0.717, 1.165) is 19.3 Å². The van der Waals surface area contributed by atoms with Crippen molar-refractivity contribution in [3.05, 3.63) is 58.9 Å². The van der Waals surface area contributed by atoms with Crippen molar-refractivity contribution in [1.82, 2.24) is 19.5 Å². The largest absolute Gasteiger partial charge is 0.479 e. The standard InChI is InChI=1S/C17H16ClFN6O2.C6H10N2/c1-9(20)16(24-21)10-4-14(17-12(18)6-23-25(17)7-10)27-15(8-26)13-3-2-11(19)5-22-13;7-6-8-4-2-1-3-5-8/h2-7,15,20,26H,8,21H2,1H3;1-5H2/b20-9?,24-16+;. The third kappa shape index (κ3) is 6.44. The highest BCUT2D eigenvalue weighted by molar-refractivity contribution is 6.46. The number of rotatable bonds is 6. The Bertz CT molecular complexity index is 1230. The number of aromatic nitrogens is 3. The Kier molecular flexibility index (Phi) is 8.94. The maximum atomic E-state index is 13.1. The summed E-state index contributed by atoms with van der Waals surface area (Å²) in [5.41, 5.74) is 1.68. The van der Waals surface area contributed by atoms with E-state index in [4.69, 9.17) is 32.9 Å². The molecule has 0 radical (unpaired) electrons. The second-order valence-corrected chi connectivity index (χ2v) is 8.23. The predicted octanol–water partition coefficient (Wildman–Crippen LogP) is 3.29. The molecule has 0 aromatic carbocycles. The van der Waals surface area contributed by atoms with Gasteiger partial charge in [0.25, 0.3) is 0 Å². The molecule has 184 valence electrons. The Morgan fingerprint density at radius 2 is 2.11 bits per heavy atom. The minimum Gasteiger partial charge on any atom is -0.479 e. The highest BCUT2D eigenvalue weighted by Gasteiger charge is 2.20. The molecule has 4 N–H and O–H groups in total. The van der Waals surface area contributed by atoms with E-state index in [0.29, 0.717) is 21.8 Å². The minimum absolute atomic E-state index is 0.153. The Balaban J connectivity index is 0.000000363. The predicted molar refractivity (Wildman–Crippen MR) is 130 cm³/mol. The number of ether oxygens (including phenoxy) is 1. The van der Waals surface area contributed by atoms with E-state index in [1.165, 1.54) is 42.1 Å². The van der Waals surface area contributed by atoms with Crippen molar-refractivity contribution in [2.75, 3.05) is 19.7 Å². The third-order valence-electron chi connectivity index (χ3n) is 5.30. The van der Waals surface area contributed by atoms with Crippen LogP contribution in [0, 0.1) is 22.7 Å². The molecule has 35 heavy (non-hydrogen) atoms. The lowest BCUT2D eigenvalue weighted by Crippen LogP contribution is -2.24. The van der Waals surface area contributed by atoms with Crippen molar-refractivity contribution in [2.24, 2.45) is 10.9 Å². The van der Waals surface area contributed by atoms with E-state index in [2.05, 4.69) is 21.4 Å². The maximum absolute atomic E-state index is 13.1. The molecule has 0 amide bonds. The summed E-state index contributed by atoms with van der Waals surface area (Å²) in [5, 5.41) is 34.0. The van der Waals surface area contributed by atoms with Gasteiger partial charge < -0.3 is 26.0 Å². The molecule has 1 aliphatic heterocycles. The highest BCUT2D eigenvalue weighted by Crippen LogP contribution is 2.32. The van der Waals surface area contributed by atoms with Crippen LogP contribution >= 0.6 is 11.6 Å². The number of nitrogens with one attached hydrogen (secondary N) is 1. The minimum atomic E-state index is -0.866. The van der Waals surface area contributed by atoms with Gasteiger partial charge in [-0.3, -0.25) is 4.98 Å². The molecular formula is C23H26ClFN8O2. The molecule has 12 heteroatoms. The molecule has 10 nitrogen and oxygen atoms in total. The first-order valence-corrected chi connectivity index (χ1v) is 11.3. The topological polar surface area (TPSA) is 149 Å². The van der Waals surface area contributed by atoms with Gasteiger partial charge in [-0.05, 0) is 44.4 Å². The van der Waals surface area contributed by atoms with Crippen LogP contribution in [0.2, 0.25) is 5.02 Å². The number of halogens is 2. The molecule has 3 aromatic rings. The van der Waals surface area contributed by atoms with E-state index < -0.39 is 18.5 Å². The van der Waals surface area contributed by atoms with E-state index in [1.54, 1.807) is 19.2 Å². The first-order valence-electron chi connectivity index (χ1n) is 10.9. The van der Waals surface area contributed by atoms with Gasteiger partial charge >= 0.3 is 0 Å². The van der Waals surface area contributed by atoms with Crippen molar-refractivity contribution in [3.8, 4) is 11.9 Å². The van der Waals surface area contributed by atoms with Gasteiger partial charge in [0.1, 0.15) is 22.8 Å². The second kappa shape index (κ2) is 12.1.